The van der Waals surface area contributed by atoms with Crippen LogP contribution in [0.2, 0.25) is 0 Å². The van der Waals surface area contributed by atoms with E-state index in [1.54, 1.807) is 0 Å². The van der Waals surface area contributed by atoms with E-state index in [-0.39, 0.29) is 36.3 Å². The van der Waals surface area contributed by atoms with Crippen molar-refractivity contribution in [3.05, 3.63) is 10.1 Å². The molecule has 0 bridgehead atoms. The lowest BCUT2D eigenvalue weighted by atomic mass is 9.87. The van der Waals surface area contributed by atoms with Crippen LogP contribution >= 0.6 is 0 Å². The lowest BCUT2D eigenvalue weighted by Crippen LogP contribution is -2.59. The summed E-state index contributed by atoms with van der Waals surface area (Å²) in [4.78, 5) is 22.4. The Balaban J connectivity index is 1.90. The Morgan fingerprint density at radius 2 is 2.19 bits per heavy atom. The Labute approximate surface area is 122 Å². The summed E-state index contributed by atoms with van der Waals surface area (Å²) < 4.78 is 31.9. The van der Waals surface area contributed by atoms with E-state index in [9.17, 15) is 23.3 Å². The van der Waals surface area contributed by atoms with Crippen LogP contribution in [0.3, 0.4) is 0 Å². The van der Waals surface area contributed by atoms with Crippen LogP contribution in [0, 0.1) is 10.1 Å². The summed E-state index contributed by atoms with van der Waals surface area (Å²) in [5, 5.41) is 13.6. The molecule has 1 aliphatic heterocycles. The minimum atomic E-state index is -3.56. The number of nitrogens with one attached hydrogen (secondary N) is 1. The van der Waals surface area contributed by atoms with Crippen LogP contribution in [-0.4, -0.2) is 56.4 Å². The first-order chi connectivity index (χ1) is 9.76. The highest BCUT2D eigenvalue weighted by atomic mass is 32.2. The van der Waals surface area contributed by atoms with Crippen LogP contribution < -0.4 is 5.32 Å². The highest BCUT2D eigenvalue weighted by Gasteiger charge is 2.43. The van der Waals surface area contributed by atoms with Gasteiger partial charge in [0.05, 0.1) is 25.0 Å². The Bertz CT molecular complexity index is 521. The molecule has 4 unspecified atom stereocenters. The zero-order valence-electron chi connectivity index (χ0n) is 11.6. The van der Waals surface area contributed by atoms with E-state index in [4.69, 9.17) is 4.74 Å². The largest absolute Gasteiger partial charge is 0.363 e. The summed E-state index contributed by atoms with van der Waals surface area (Å²) in [5.74, 6) is -0.326. The van der Waals surface area contributed by atoms with Crippen molar-refractivity contribution in [2.45, 2.75) is 50.0 Å². The van der Waals surface area contributed by atoms with Crippen LogP contribution in [0.4, 0.5) is 0 Å². The molecule has 1 saturated carbocycles. The van der Waals surface area contributed by atoms with Gasteiger partial charge in [0.2, 0.25) is 11.9 Å². The van der Waals surface area contributed by atoms with Gasteiger partial charge in [-0.15, -0.1) is 0 Å². The number of carbonyl (C=O) groups excluding carboxylic acids is 1. The molecule has 2 fully saturated rings. The Kier molecular flexibility index (Phi) is 4.79. The quantitative estimate of drug-likeness (QED) is 0.408. The molecule has 120 valence electrons. The van der Waals surface area contributed by atoms with Crippen molar-refractivity contribution in [2.75, 3.05) is 12.9 Å². The van der Waals surface area contributed by atoms with Gasteiger partial charge in [0.25, 0.3) is 10.1 Å². The number of nitro groups is 1. The zero-order valence-corrected chi connectivity index (χ0v) is 12.4. The molecule has 1 saturated heterocycles. The number of nitrogens with zero attached hydrogens (tertiary/aromatic N) is 1. The molecule has 0 aromatic carbocycles. The van der Waals surface area contributed by atoms with Gasteiger partial charge in [0, 0.05) is 24.2 Å². The maximum Gasteiger partial charge on any atom is 0.264 e. The predicted molar refractivity (Wildman–Crippen MR) is 70.6 cm³/mol. The normalized spacial score (nSPS) is 33.1. The fourth-order valence-corrected chi connectivity index (χ4v) is 3.07. The summed E-state index contributed by atoms with van der Waals surface area (Å²) in [6.07, 6.45) is 0.947. The van der Waals surface area contributed by atoms with Crippen molar-refractivity contribution in [2.24, 2.45) is 0 Å². The summed E-state index contributed by atoms with van der Waals surface area (Å²) in [6.45, 7) is -0.160. The summed E-state index contributed by atoms with van der Waals surface area (Å²) in [5.41, 5.74) is 0. The van der Waals surface area contributed by atoms with Gasteiger partial charge in [-0.05, 0) is 6.42 Å². The van der Waals surface area contributed by atoms with Crippen LogP contribution in [0.1, 0.15) is 25.7 Å². The first-order valence-electron chi connectivity index (χ1n) is 6.70. The van der Waals surface area contributed by atoms with E-state index in [0.29, 0.717) is 12.8 Å². The molecule has 9 nitrogen and oxygen atoms in total. The molecule has 2 aliphatic rings. The minimum absolute atomic E-state index is 0.0885. The van der Waals surface area contributed by atoms with E-state index in [0.717, 1.165) is 6.26 Å². The van der Waals surface area contributed by atoms with Crippen LogP contribution in [0.15, 0.2) is 0 Å². The smallest absolute Gasteiger partial charge is 0.264 e. The maximum atomic E-state index is 11.8. The predicted octanol–water partition coefficient (Wildman–Crippen LogP) is -0.566. The van der Waals surface area contributed by atoms with Gasteiger partial charge in [0.1, 0.15) is 6.10 Å². The monoisotopic (exact) mass is 322 g/mol. The van der Waals surface area contributed by atoms with E-state index in [1.165, 1.54) is 0 Å². The van der Waals surface area contributed by atoms with Gasteiger partial charge in [-0.1, -0.05) is 0 Å². The number of hydrogen-bond acceptors (Lipinski definition) is 7. The van der Waals surface area contributed by atoms with E-state index in [1.807, 2.05) is 0 Å². The number of amides is 1. The van der Waals surface area contributed by atoms with Gasteiger partial charge in [-0.2, -0.15) is 8.42 Å². The molecule has 1 amide bonds. The summed E-state index contributed by atoms with van der Waals surface area (Å²) in [6, 6.07) is -0.866. The summed E-state index contributed by atoms with van der Waals surface area (Å²) in [7, 11) is -3.56. The number of carbonyl (C=O) groups is 1. The molecule has 21 heavy (non-hydrogen) atoms. The average molecular weight is 322 g/mol. The average Bonchev–Trinajstić information content (AvgIpc) is 2.37. The van der Waals surface area contributed by atoms with E-state index < -0.39 is 28.4 Å². The maximum absolute atomic E-state index is 11.8. The number of hydrogen-bond donors (Lipinski definition) is 1. The second-order valence-electron chi connectivity index (χ2n) is 5.35. The lowest BCUT2D eigenvalue weighted by molar-refractivity contribution is -0.529. The molecule has 1 aliphatic carbocycles. The Morgan fingerprint density at radius 3 is 2.81 bits per heavy atom. The molecule has 0 spiro atoms. The molecule has 0 radical (unpaired) electrons. The zero-order chi connectivity index (χ0) is 15.6. The van der Waals surface area contributed by atoms with E-state index in [2.05, 4.69) is 9.50 Å². The van der Waals surface area contributed by atoms with Crippen LogP contribution in [-0.2, 0) is 23.8 Å². The van der Waals surface area contributed by atoms with Crippen molar-refractivity contribution < 1.29 is 27.1 Å². The highest BCUT2D eigenvalue weighted by Crippen LogP contribution is 2.28. The molecular formula is C11H18N2O7S. The molecular weight excluding hydrogens is 304 g/mol. The van der Waals surface area contributed by atoms with Crippen LogP contribution in [0.25, 0.3) is 0 Å². The molecule has 10 heteroatoms. The van der Waals surface area contributed by atoms with Gasteiger partial charge in [0.15, 0.2) is 0 Å². The first kappa shape index (κ1) is 16.1. The Hall–Kier alpha value is -1.26. The van der Waals surface area contributed by atoms with E-state index >= 15 is 0 Å². The van der Waals surface area contributed by atoms with Crippen LogP contribution in [0.5, 0.6) is 0 Å². The second kappa shape index (κ2) is 6.24. The number of rotatable bonds is 5. The SMILES string of the molecule is CS(=O)(=O)OCCC1OC2CC([N+](=O)[O-])CCC2NC1=O. The minimum Gasteiger partial charge on any atom is -0.363 e. The third kappa shape index (κ3) is 4.35. The summed E-state index contributed by atoms with van der Waals surface area (Å²) >= 11 is 0. The number of fused-ring (bicyclic) bond motifs is 1. The van der Waals surface area contributed by atoms with Crippen molar-refractivity contribution in [3.63, 3.8) is 0 Å². The van der Waals surface area contributed by atoms with Crippen molar-refractivity contribution in [3.8, 4) is 0 Å². The first-order valence-corrected chi connectivity index (χ1v) is 8.51. The van der Waals surface area contributed by atoms with Gasteiger partial charge in [-0.25, -0.2) is 0 Å². The third-order valence-electron chi connectivity index (χ3n) is 3.70. The van der Waals surface area contributed by atoms with Gasteiger partial charge >= 0.3 is 0 Å². The number of ether oxygens (including phenoxy) is 1. The van der Waals surface area contributed by atoms with Crippen molar-refractivity contribution >= 4 is 16.0 Å². The molecule has 0 aromatic rings. The van der Waals surface area contributed by atoms with Crippen molar-refractivity contribution in [1.82, 2.24) is 5.32 Å². The molecule has 4 atom stereocenters. The fraction of sp³-hybridized carbons (Fsp3) is 0.909. The Morgan fingerprint density at radius 1 is 1.48 bits per heavy atom. The highest BCUT2D eigenvalue weighted by molar-refractivity contribution is 7.85. The molecule has 1 heterocycles. The van der Waals surface area contributed by atoms with Crippen molar-refractivity contribution in [1.29, 1.82) is 0 Å². The standard InChI is InChI=1S/C11H18N2O7S/c1-21(17,18)19-5-4-9-11(14)12-8-3-2-7(13(15)16)6-10(8)20-9/h7-10H,2-6H2,1H3,(H,12,14). The second-order valence-corrected chi connectivity index (χ2v) is 6.99. The lowest BCUT2D eigenvalue weighted by Gasteiger charge is -2.40. The molecule has 2 rings (SSSR count). The molecule has 1 N–H and O–H groups in total. The fourth-order valence-electron chi connectivity index (χ4n) is 2.67. The number of morpholine rings is 1. The third-order valence-corrected chi connectivity index (χ3v) is 4.29. The van der Waals surface area contributed by atoms with Gasteiger partial charge in [-0.3, -0.25) is 19.1 Å². The topological polar surface area (TPSA) is 125 Å². The molecule has 0 aromatic heterocycles. The van der Waals surface area contributed by atoms with Gasteiger partial charge < -0.3 is 10.1 Å².